The van der Waals surface area contributed by atoms with Crippen molar-refractivity contribution < 1.29 is 4.74 Å². The lowest BCUT2D eigenvalue weighted by Gasteiger charge is -2.03. The Morgan fingerprint density at radius 1 is 1.64 bits per heavy atom. The van der Waals surface area contributed by atoms with Crippen LogP contribution in [-0.2, 0) is 0 Å². The van der Waals surface area contributed by atoms with Crippen molar-refractivity contribution in [1.82, 2.24) is 9.97 Å². The minimum Gasteiger partial charge on any atom is -0.472 e. The molecule has 1 rings (SSSR count). The van der Waals surface area contributed by atoms with E-state index >= 15 is 0 Å². The Kier molecular flexibility index (Phi) is 3.62. The van der Waals surface area contributed by atoms with Crippen molar-refractivity contribution in [3.05, 3.63) is 29.7 Å². The Bertz CT molecular complexity index is 379. The Balaban J connectivity index is 2.83. The van der Waals surface area contributed by atoms with E-state index in [1.54, 1.807) is 6.92 Å². The van der Waals surface area contributed by atoms with Gasteiger partial charge in [-0.15, -0.1) is 0 Å². The molecule has 0 unspecified atom stereocenters. The summed E-state index contributed by atoms with van der Waals surface area (Å²) in [5.74, 6) is 0.942. The third kappa shape index (κ3) is 2.56. The van der Waals surface area contributed by atoms with Crippen LogP contribution in [0.4, 0.5) is 0 Å². The summed E-state index contributed by atoms with van der Waals surface area (Å²) >= 11 is 0. The van der Waals surface area contributed by atoms with Gasteiger partial charge in [-0.2, -0.15) is 10.2 Å². The van der Waals surface area contributed by atoms with Crippen LogP contribution in [0.15, 0.2) is 18.3 Å². The van der Waals surface area contributed by atoms with Crippen LogP contribution in [0.3, 0.4) is 0 Å². The molecule has 0 aromatic carbocycles. The maximum Gasteiger partial charge on any atom is 0.235 e. The standard InChI is InChI=1S/C10H11N3O/c1-3-4-5-14-10-9(6-11)7-12-8(2)13-10/h3-4,7H,5H2,1-2H3/b4-3+. The highest BCUT2D eigenvalue weighted by Gasteiger charge is 2.04. The van der Waals surface area contributed by atoms with Crippen LogP contribution in [0.5, 0.6) is 5.88 Å². The third-order valence-corrected chi connectivity index (χ3v) is 1.55. The molecule has 4 heteroatoms. The van der Waals surface area contributed by atoms with E-state index in [4.69, 9.17) is 10.00 Å². The molecule has 0 bridgehead atoms. The second kappa shape index (κ2) is 4.97. The molecule has 0 amide bonds. The van der Waals surface area contributed by atoms with Gasteiger partial charge in [0.25, 0.3) is 0 Å². The highest BCUT2D eigenvalue weighted by Crippen LogP contribution is 2.12. The third-order valence-electron chi connectivity index (χ3n) is 1.55. The molecule has 0 saturated heterocycles. The van der Waals surface area contributed by atoms with Crippen LogP contribution in [0, 0.1) is 18.3 Å². The van der Waals surface area contributed by atoms with Gasteiger partial charge in [-0.3, -0.25) is 0 Å². The van der Waals surface area contributed by atoms with E-state index in [9.17, 15) is 0 Å². The minimum absolute atomic E-state index is 0.345. The molecule has 0 spiro atoms. The number of aryl methyl sites for hydroxylation is 1. The molecule has 1 aromatic heterocycles. The largest absolute Gasteiger partial charge is 0.472 e. The second-order valence-electron chi connectivity index (χ2n) is 2.63. The summed E-state index contributed by atoms with van der Waals surface area (Å²) in [6.07, 6.45) is 5.19. The normalized spacial score (nSPS) is 10.1. The smallest absolute Gasteiger partial charge is 0.235 e. The lowest BCUT2D eigenvalue weighted by molar-refractivity contribution is 0.345. The maximum absolute atomic E-state index is 8.74. The first-order valence-corrected chi connectivity index (χ1v) is 4.25. The fourth-order valence-corrected chi connectivity index (χ4v) is 0.859. The Morgan fingerprint density at radius 2 is 2.43 bits per heavy atom. The summed E-state index contributed by atoms with van der Waals surface area (Å²) in [5.41, 5.74) is 0.361. The van der Waals surface area contributed by atoms with Gasteiger partial charge >= 0.3 is 0 Å². The van der Waals surface area contributed by atoms with Crippen molar-refractivity contribution in [2.45, 2.75) is 13.8 Å². The molecule has 0 fully saturated rings. The molecular weight excluding hydrogens is 178 g/mol. The van der Waals surface area contributed by atoms with Crippen LogP contribution in [-0.4, -0.2) is 16.6 Å². The Labute approximate surface area is 82.9 Å². The summed E-state index contributed by atoms with van der Waals surface area (Å²) in [7, 11) is 0. The second-order valence-corrected chi connectivity index (χ2v) is 2.63. The van der Waals surface area contributed by atoms with Gasteiger partial charge < -0.3 is 4.74 Å². The molecular formula is C10H11N3O. The number of hydrogen-bond acceptors (Lipinski definition) is 4. The van der Waals surface area contributed by atoms with E-state index in [1.165, 1.54) is 6.20 Å². The van der Waals surface area contributed by atoms with Gasteiger partial charge in [-0.05, 0) is 13.8 Å². The monoisotopic (exact) mass is 189 g/mol. The van der Waals surface area contributed by atoms with Gasteiger partial charge in [0.15, 0.2) is 0 Å². The Morgan fingerprint density at radius 3 is 3.07 bits per heavy atom. The number of aromatic nitrogens is 2. The summed E-state index contributed by atoms with van der Waals surface area (Å²) < 4.78 is 5.29. The summed E-state index contributed by atoms with van der Waals surface area (Å²) in [6, 6.07) is 1.98. The SMILES string of the molecule is C/C=C/COc1nc(C)ncc1C#N. The van der Waals surface area contributed by atoms with Gasteiger partial charge in [0, 0.05) is 0 Å². The molecule has 0 aliphatic heterocycles. The van der Waals surface area contributed by atoms with Crippen LogP contribution in [0.1, 0.15) is 18.3 Å². The first kappa shape index (κ1) is 10.2. The molecule has 1 aromatic rings. The zero-order chi connectivity index (χ0) is 10.4. The predicted octanol–water partition coefficient (Wildman–Crippen LogP) is 1.61. The topological polar surface area (TPSA) is 58.8 Å². The highest BCUT2D eigenvalue weighted by molar-refractivity contribution is 5.35. The van der Waals surface area contributed by atoms with Crippen LogP contribution < -0.4 is 4.74 Å². The van der Waals surface area contributed by atoms with Crippen molar-refractivity contribution >= 4 is 0 Å². The molecule has 0 radical (unpaired) electrons. The molecule has 0 N–H and O–H groups in total. The lowest BCUT2D eigenvalue weighted by atomic mass is 10.3. The first-order chi connectivity index (χ1) is 6.77. The molecule has 0 aliphatic rings. The van der Waals surface area contributed by atoms with Crippen molar-refractivity contribution in [1.29, 1.82) is 5.26 Å². The zero-order valence-electron chi connectivity index (χ0n) is 8.19. The fraction of sp³-hybridized carbons (Fsp3) is 0.300. The fourth-order valence-electron chi connectivity index (χ4n) is 0.859. The maximum atomic E-state index is 8.74. The molecule has 14 heavy (non-hydrogen) atoms. The van der Waals surface area contributed by atoms with Crippen molar-refractivity contribution in [3.63, 3.8) is 0 Å². The molecule has 1 heterocycles. The quantitative estimate of drug-likeness (QED) is 0.678. The van der Waals surface area contributed by atoms with E-state index in [0.717, 1.165) is 0 Å². The number of hydrogen-bond donors (Lipinski definition) is 0. The number of ether oxygens (including phenoxy) is 1. The van der Waals surface area contributed by atoms with E-state index in [1.807, 2.05) is 25.1 Å². The zero-order valence-corrected chi connectivity index (χ0v) is 8.19. The highest BCUT2D eigenvalue weighted by atomic mass is 16.5. The summed E-state index contributed by atoms with van der Waals surface area (Å²) in [4.78, 5) is 7.93. The lowest BCUT2D eigenvalue weighted by Crippen LogP contribution is -2.01. The summed E-state index contributed by atoms with van der Waals surface area (Å²) in [6.45, 7) is 4.07. The molecule has 72 valence electrons. The number of allylic oxidation sites excluding steroid dienone is 1. The average molecular weight is 189 g/mol. The van der Waals surface area contributed by atoms with Crippen LogP contribution in [0.25, 0.3) is 0 Å². The van der Waals surface area contributed by atoms with Crippen LogP contribution >= 0.6 is 0 Å². The van der Waals surface area contributed by atoms with E-state index < -0.39 is 0 Å². The van der Waals surface area contributed by atoms with Crippen molar-refractivity contribution in [3.8, 4) is 11.9 Å². The predicted molar refractivity (Wildman–Crippen MR) is 51.8 cm³/mol. The number of nitriles is 1. The van der Waals surface area contributed by atoms with Gasteiger partial charge in [0.1, 0.15) is 24.1 Å². The number of rotatable bonds is 3. The first-order valence-electron chi connectivity index (χ1n) is 4.25. The van der Waals surface area contributed by atoms with Gasteiger partial charge in [-0.25, -0.2) is 4.98 Å². The van der Waals surface area contributed by atoms with E-state index in [2.05, 4.69) is 9.97 Å². The van der Waals surface area contributed by atoms with Crippen molar-refractivity contribution in [2.24, 2.45) is 0 Å². The number of nitrogens with zero attached hydrogens (tertiary/aromatic N) is 3. The molecule has 0 atom stereocenters. The Hall–Kier alpha value is -1.89. The van der Waals surface area contributed by atoms with Gasteiger partial charge in [0.2, 0.25) is 5.88 Å². The van der Waals surface area contributed by atoms with Gasteiger partial charge in [0.05, 0.1) is 6.20 Å². The van der Waals surface area contributed by atoms with Gasteiger partial charge in [-0.1, -0.05) is 12.2 Å². The van der Waals surface area contributed by atoms with Crippen molar-refractivity contribution in [2.75, 3.05) is 6.61 Å². The minimum atomic E-state index is 0.345. The molecule has 0 saturated carbocycles. The average Bonchev–Trinajstić information content (AvgIpc) is 2.19. The van der Waals surface area contributed by atoms with E-state index in [0.29, 0.717) is 23.9 Å². The molecule has 4 nitrogen and oxygen atoms in total. The molecule has 0 aliphatic carbocycles. The van der Waals surface area contributed by atoms with E-state index in [-0.39, 0.29) is 0 Å². The summed E-state index contributed by atoms with van der Waals surface area (Å²) in [5, 5.41) is 8.74. The van der Waals surface area contributed by atoms with Crippen LogP contribution in [0.2, 0.25) is 0 Å².